The number of nitrogens with zero attached hydrogens (tertiary/aromatic N) is 3. The Hall–Kier alpha value is -0.490. The summed E-state index contributed by atoms with van der Waals surface area (Å²) in [6.45, 7) is 10.8. The first-order valence-corrected chi connectivity index (χ1v) is 8.76. The van der Waals surface area contributed by atoms with E-state index < -0.39 is 0 Å². The first-order chi connectivity index (χ1) is 9.90. The Kier molecular flexibility index (Phi) is 5.77. The van der Waals surface area contributed by atoms with Gasteiger partial charge in [-0.3, -0.25) is 4.90 Å². The summed E-state index contributed by atoms with van der Waals surface area (Å²) in [5.74, 6) is 0. The SMILES string of the molecule is CN1CCC(N(CCO)Cc2csc(C(C)(C)C)n2)CC1. The van der Waals surface area contributed by atoms with E-state index in [9.17, 15) is 5.11 Å². The molecule has 1 N–H and O–H groups in total. The molecular weight excluding hydrogens is 282 g/mol. The van der Waals surface area contributed by atoms with Crippen LogP contribution in [0.3, 0.4) is 0 Å². The van der Waals surface area contributed by atoms with Crippen LogP contribution in [-0.2, 0) is 12.0 Å². The molecule has 2 rings (SSSR count). The molecule has 4 nitrogen and oxygen atoms in total. The van der Waals surface area contributed by atoms with Gasteiger partial charge in [0.05, 0.1) is 17.3 Å². The molecule has 1 aliphatic rings. The van der Waals surface area contributed by atoms with Crippen LogP contribution in [0, 0.1) is 0 Å². The average molecular weight is 311 g/mol. The summed E-state index contributed by atoms with van der Waals surface area (Å²) in [7, 11) is 2.18. The molecule has 2 heterocycles. The van der Waals surface area contributed by atoms with Gasteiger partial charge in [-0.2, -0.15) is 0 Å². The zero-order chi connectivity index (χ0) is 15.5. The van der Waals surface area contributed by atoms with Crippen LogP contribution in [0.25, 0.3) is 0 Å². The third-order valence-electron chi connectivity index (χ3n) is 4.15. The lowest BCUT2D eigenvalue weighted by molar-refractivity contribution is 0.0932. The van der Waals surface area contributed by atoms with Gasteiger partial charge in [0.1, 0.15) is 0 Å². The molecule has 1 aromatic rings. The third-order valence-corrected chi connectivity index (χ3v) is 5.47. The number of aliphatic hydroxyl groups is 1. The maximum Gasteiger partial charge on any atom is 0.0982 e. The van der Waals surface area contributed by atoms with Crippen LogP contribution in [0.1, 0.15) is 44.3 Å². The summed E-state index contributed by atoms with van der Waals surface area (Å²) in [5.41, 5.74) is 1.27. The highest BCUT2D eigenvalue weighted by molar-refractivity contribution is 7.09. The fourth-order valence-corrected chi connectivity index (χ4v) is 3.71. The smallest absolute Gasteiger partial charge is 0.0982 e. The Bertz CT molecular complexity index is 433. The molecule has 1 aromatic heterocycles. The Morgan fingerprint density at radius 3 is 2.57 bits per heavy atom. The van der Waals surface area contributed by atoms with Gasteiger partial charge in [-0.1, -0.05) is 20.8 Å². The van der Waals surface area contributed by atoms with E-state index in [-0.39, 0.29) is 12.0 Å². The minimum atomic E-state index is 0.123. The number of thiazole rings is 1. The van der Waals surface area contributed by atoms with Crippen molar-refractivity contribution in [1.29, 1.82) is 0 Å². The number of hydrogen-bond acceptors (Lipinski definition) is 5. The van der Waals surface area contributed by atoms with Crippen molar-refractivity contribution in [2.75, 3.05) is 33.3 Å². The summed E-state index contributed by atoms with van der Waals surface area (Å²) in [5, 5.41) is 12.7. The van der Waals surface area contributed by atoms with Gasteiger partial charge in [-0.05, 0) is 33.0 Å². The molecule has 0 spiro atoms. The molecule has 5 heteroatoms. The fraction of sp³-hybridized carbons (Fsp3) is 0.812. The van der Waals surface area contributed by atoms with Crippen molar-refractivity contribution >= 4 is 11.3 Å². The maximum absolute atomic E-state index is 9.36. The van der Waals surface area contributed by atoms with Gasteiger partial charge in [0, 0.05) is 29.9 Å². The average Bonchev–Trinajstić information content (AvgIpc) is 2.88. The van der Waals surface area contributed by atoms with E-state index in [0.29, 0.717) is 6.04 Å². The Morgan fingerprint density at radius 2 is 2.05 bits per heavy atom. The molecule has 0 aliphatic carbocycles. The zero-order valence-electron chi connectivity index (χ0n) is 13.8. The first kappa shape index (κ1) is 16.9. The third kappa shape index (κ3) is 4.74. The van der Waals surface area contributed by atoms with Gasteiger partial charge in [-0.25, -0.2) is 4.98 Å². The highest BCUT2D eigenvalue weighted by Crippen LogP contribution is 2.26. The molecule has 1 aliphatic heterocycles. The first-order valence-electron chi connectivity index (χ1n) is 7.88. The molecule has 0 atom stereocenters. The molecule has 1 fully saturated rings. The van der Waals surface area contributed by atoms with Gasteiger partial charge < -0.3 is 10.0 Å². The quantitative estimate of drug-likeness (QED) is 0.906. The minimum absolute atomic E-state index is 0.123. The van der Waals surface area contributed by atoms with Crippen LogP contribution < -0.4 is 0 Å². The largest absolute Gasteiger partial charge is 0.395 e. The van der Waals surface area contributed by atoms with Gasteiger partial charge in [-0.15, -0.1) is 11.3 Å². The lowest BCUT2D eigenvalue weighted by Gasteiger charge is -2.36. The minimum Gasteiger partial charge on any atom is -0.395 e. The topological polar surface area (TPSA) is 39.6 Å². The maximum atomic E-state index is 9.36. The number of likely N-dealkylation sites (tertiary alicyclic amines) is 1. The van der Waals surface area contributed by atoms with E-state index in [1.165, 1.54) is 17.8 Å². The van der Waals surface area contributed by atoms with E-state index >= 15 is 0 Å². The monoisotopic (exact) mass is 311 g/mol. The Morgan fingerprint density at radius 1 is 1.38 bits per heavy atom. The molecule has 21 heavy (non-hydrogen) atoms. The molecule has 0 bridgehead atoms. The van der Waals surface area contributed by atoms with Crippen molar-refractivity contribution < 1.29 is 5.11 Å². The number of hydrogen-bond donors (Lipinski definition) is 1. The Balaban J connectivity index is 2.00. The normalized spacial score (nSPS) is 18.6. The van der Waals surface area contributed by atoms with E-state index in [1.807, 2.05) is 0 Å². The predicted octanol–water partition coefficient (Wildman–Crippen LogP) is 2.33. The van der Waals surface area contributed by atoms with Crippen molar-refractivity contribution in [3.63, 3.8) is 0 Å². The van der Waals surface area contributed by atoms with Gasteiger partial charge in [0.2, 0.25) is 0 Å². The van der Waals surface area contributed by atoms with E-state index in [1.54, 1.807) is 11.3 Å². The molecule has 0 aromatic carbocycles. The highest BCUT2D eigenvalue weighted by atomic mass is 32.1. The summed E-state index contributed by atoms with van der Waals surface area (Å²) < 4.78 is 0. The van der Waals surface area contributed by atoms with Crippen LogP contribution in [0.2, 0.25) is 0 Å². The van der Waals surface area contributed by atoms with Crippen LogP contribution in [0.15, 0.2) is 5.38 Å². The molecule has 1 saturated heterocycles. The van der Waals surface area contributed by atoms with Crippen molar-refractivity contribution in [1.82, 2.24) is 14.8 Å². The molecule has 120 valence electrons. The molecule has 0 amide bonds. The summed E-state index contributed by atoms with van der Waals surface area (Å²) >= 11 is 1.76. The van der Waals surface area contributed by atoms with Crippen LogP contribution in [0.4, 0.5) is 0 Å². The number of rotatable bonds is 5. The fourth-order valence-electron chi connectivity index (χ4n) is 2.81. The molecule has 0 radical (unpaired) electrons. The second kappa shape index (κ2) is 7.18. The summed E-state index contributed by atoms with van der Waals surface area (Å²) in [6, 6.07) is 0.577. The van der Waals surface area contributed by atoms with Crippen molar-refractivity contribution in [3.8, 4) is 0 Å². The highest BCUT2D eigenvalue weighted by Gasteiger charge is 2.24. The number of aliphatic hydroxyl groups excluding tert-OH is 1. The number of piperidine rings is 1. The van der Waals surface area contributed by atoms with E-state index in [2.05, 4.69) is 43.0 Å². The van der Waals surface area contributed by atoms with Gasteiger partial charge in [0.15, 0.2) is 0 Å². The lowest BCUT2D eigenvalue weighted by atomic mass is 9.98. The van der Waals surface area contributed by atoms with Crippen LogP contribution in [0.5, 0.6) is 0 Å². The molecule has 0 unspecified atom stereocenters. The molecule has 0 saturated carbocycles. The van der Waals surface area contributed by atoms with Crippen molar-refractivity contribution in [3.05, 3.63) is 16.1 Å². The Labute approximate surface area is 132 Å². The second-order valence-electron chi connectivity index (χ2n) is 7.12. The van der Waals surface area contributed by atoms with E-state index in [0.717, 1.165) is 31.9 Å². The second-order valence-corrected chi connectivity index (χ2v) is 7.98. The molecular formula is C16H29N3OS. The summed E-state index contributed by atoms with van der Waals surface area (Å²) in [4.78, 5) is 9.59. The summed E-state index contributed by atoms with van der Waals surface area (Å²) in [6.07, 6.45) is 2.37. The predicted molar refractivity (Wildman–Crippen MR) is 88.8 cm³/mol. The van der Waals surface area contributed by atoms with Gasteiger partial charge >= 0.3 is 0 Å². The van der Waals surface area contributed by atoms with E-state index in [4.69, 9.17) is 4.98 Å². The lowest BCUT2D eigenvalue weighted by Crippen LogP contribution is -2.44. The van der Waals surface area contributed by atoms with Crippen molar-refractivity contribution in [2.24, 2.45) is 0 Å². The number of aromatic nitrogens is 1. The van der Waals surface area contributed by atoms with Crippen LogP contribution in [-0.4, -0.2) is 59.2 Å². The standard InChI is InChI=1S/C16H29N3OS/c1-16(2,3)15-17-13(12-21-15)11-19(9-10-20)14-5-7-18(4)8-6-14/h12,14,20H,5-11H2,1-4H3. The van der Waals surface area contributed by atoms with Crippen LogP contribution >= 0.6 is 11.3 Å². The van der Waals surface area contributed by atoms with Gasteiger partial charge in [0.25, 0.3) is 0 Å². The van der Waals surface area contributed by atoms with Crippen molar-refractivity contribution in [2.45, 2.75) is 51.6 Å². The zero-order valence-corrected chi connectivity index (χ0v) is 14.6.